The van der Waals surface area contributed by atoms with Crippen molar-refractivity contribution < 1.29 is 9.26 Å². The van der Waals surface area contributed by atoms with E-state index in [1.165, 1.54) is 0 Å². The molecule has 0 saturated carbocycles. The fourth-order valence-electron chi connectivity index (χ4n) is 1.52. The van der Waals surface area contributed by atoms with Gasteiger partial charge in [-0.3, -0.25) is 0 Å². The highest BCUT2D eigenvalue weighted by atomic mass is 16.5. The highest BCUT2D eigenvalue weighted by Gasteiger charge is 2.02. The Balaban J connectivity index is 1.90. The van der Waals surface area contributed by atoms with Gasteiger partial charge in [-0.1, -0.05) is 5.16 Å². The highest BCUT2D eigenvalue weighted by Crippen LogP contribution is 2.17. The topological polar surface area (TPSA) is 60.2 Å². The smallest absolute Gasteiger partial charge is 0.223 e. The third-order valence-electron chi connectivity index (χ3n) is 2.25. The molecule has 2 aromatic rings. The van der Waals surface area contributed by atoms with E-state index in [9.17, 15) is 0 Å². The minimum Gasteiger partial charge on any atom is -0.491 e. The van der Waals surface area contributed by atoms with Crippen LogP contribution in [0.15, 0.2) is 28.8 Å². The Morgan fingerprint density at radius 2 is 2.00 bits per heavy atom. The van der Waals surface area contributed by atoms with Crippen molar-refractivity contribution in [3.05, 3.63) is 36.0 Å². The Kier molecular flexibility index (Phi) is 3.82. The first kappa shape index (κ1) is 12.4. The van der Waals surface area contributed by atoms with Gasteiger partial charge in [0.15, 0.2) is 5.82 Å². The van der Waals surface area contributed by atoms with Crippen LogP contribution in [-0.4, -0.2) is 16.2 Å². The molecule has 0 unspecified atom stereocenters. The maximum Gasteiger partial charge on any atom is 0.223 e. The summed E-state index contributed by atoms with van der Waals surface area (Å²) in [7, 11) is 0. The summed E-state index contributed by atoms with van der Waals surface area (Å²) in [5.74, 6) is 2.09. The van der Waals surface area contributed by atoms with Gasteiger partial charge >= 0.3 is 0 Å². The van der Waals surface area contributed by atoms with E-state index in [4.69, 9.17) is 9.26 Å². The summed E-state index contributed by atoms with van der Waals surface area (Å²) in [5, 5.41) is 7.03. The van der Waals surface area contributed by atoms with Crippen molar-refractivity contribution in [2.75, 3.05) is 5.32 Å². The molecular formula is C13H17N3O2. The lowest BCUT2D eigenvalue weighted by molar-refractivity contribution is 0.242. The number of nitrogens with one attached hydrogen (secondary N) is 1. The fourth-order valence-corrected chi connectivity index (χ4v) is 1.52. The number of benzene rings is 1. The van der Waals surface area contributed by atoms with Crippen molar-refractivity contribution >= 4 is 5.69 Å². The van der Waals surface area contributed by atoms with Gasteiger partial charge in [0.1, 0.15) is 5.75 Å². The SMILES string of the molecule is Cc1nc(CNc2ccc(OC(C)C)cc2)no1. The highest BCUT2D eigenvalue weighted by molar-refractivity contribution is 5.46. The van der Waals surface area contributed by atoms with Crippen molar-refractivity contribution in [3.63, 3.8) is 0 Å². The molecule has 1 aromatic carbocycles. The number of aromatic nitrogens is 2. The van der Waals surface area contributed by atoms with Gasteiger partial charge in [-0.2, -0.15) is 4.98 Å². The van der Waals surface area contributed by atoms with Crippen LogP contribution in [-0.2, 0) is 6.54 Å². The molecule has 0 saturated heterocycles. The summed E-state index contributed by atoms with van der Waals surface area (Å²) < 4.78 is 10.5. The first-order valence-electron chi connectivity index (χ1n) is 5.93. The van der Waals surface area contributed by atoms with E-state index < -0.39 is 0 Å². The molecule has 2 rings (SSSR count). The first-order chi connectivity index (χ1) is 8.63. The second-order valence-electron chi connectivity index (χ2n) is 4.27. The van der Waals surface area contributed by atoms with E-state index in [0.29, 0.717) is 18.3 Å². The summed E-state index contributed by atoms with van der Waals surface area (Å²) in [6.45, 7) is 6.33. The normalized spacial score (nSPS) is 10.7. The third-order valence-corrected chi connectivity index (χ3v) is 2.25. The average Bonchev–Trinajstić information content (AvgIpc) is 2.74. The Morgan fingerprint density at radius 1 is 1.28 bits per heavy atom. The number of hydrogen-bond donors (Lipinski definition) is 1. The van der Waals surface area contributed by atoms with E-state index in [1.54, 1.807) is 6.92 Å². The van der Waals surface area contributed by atoms with Crippen LogP contribution in [0.25, 0.3) is 0 Å². The van der Waals surface area contributed by atoms with Gasteiger partial charge in [-0.25, -0.2) is 0 Å². The van der Waals surface area contributed by atoms with E-state index in [1.807, 2.05) is 38.1 Å². The number of hydrogen-bond acceptors (Lipinski definition) is 5. The molecule has 5 nitrogen and oxygen atoms in total. The molecule has 0 aliphatic carbocycles. The largest absolute Gasteiger partial charge is 0.491 e. The maximum atomic E-state index is 5.57. The molecule has 96 valence electrons. The molecular weight excluding hydrogens is 230 g/mol. The molecule has 0 radical (unpaired) electrons. The van der Waals surface area contributed by atoms with Gasteiger partial charge in [0.05, 0.1) is 12.6 Å². The summed E-state index contributed by atoms with van der Waals surface area (Å²) in [4.78, 5) is 4.12. The van der Waals surface area contributed by atoms with Crippen LogP contribution in [0.5, 0.6) is 5.75 Å². The molecule has 0 aliphatic heterocycles. The van der Waals surface area contributed by atoms with Crippen molar-refractivity contribution in [1.82, 2.24) is 10.1 Å². The molecule has 18 heavy (non-hydrogen) atoms. The maximum absolute atomic E-state index is 5.57. The summed E-state index contributed by atoms with van der Waals surface area (Å²) in [6, 6.07) is 7.79. The number of aryl methyl sites for hydroxylation is 1. The predicted octanol–water partition coefficient (Wildman–Crippen LogP) is 2.78. The Labute approximate surface area is 106 Å². The van der Waals surface area contributed by atoms with E-state index in [2.05, 4.69) is 15.5 Å². The lowest BCUT2D eigenvalue weighted by Crippen LogP contribution is -2.05. The quantitative estimate of drug-likeness (QED) is 0.880. The molecule has 0 fully saturated rings. The minimum atomic E-state index is 0.186. The van der Waals surface area contributed by atoms with Gasteiger partial charge in [-0.15, -0.1) is 0 Å². The second-order valence-corrected chi connectivity index (χ2v) is 4.27. The standard InChI is InChI=1S/C13H17N3O2/c1-9(2)17-12-6-4-11(5-7-12)14-8-13-15-10(3)18-16-13/h4-7,9,14H,8H2,1-3H3. The van der Waals surface area contributed by atoms with Crippen molar-refractivity contribution in [3.8, 4) is 5.75 Å². The summed E-state index contributed by atoms with van der Waals surface area (Å²) in [6.07, 6.45) is 0.186. The van der Waals surface area contributed by atoms with E-state index >= 15 is 0 Å². The zero-order valence-electron chi connectivity index (χ0n) is 10.8. The summed E-state index contributed by atoms with van der Waals surface area (Å²) >= 11 is 0. The third kappa shape index (κ3) is 3.48. The predicted molar refractivity (Wildman–Crippen MR) is 68.6 cm³/mol. The lowest BCUT2D eigenvalue weighted by Gasteiger charge is -2.10. The van der Waals surface area contributed by atoms with Crippen LogP contribution in [0.2, 0.25) is 0 Å². The van der Waals surface area contributed by atoms with Gasteiger partial charge in [0, 0.05) is 12.6 Å². The van der Waals surface area contributed by atoms with Crippen LogP contribution in [0, 0.1) is 6.92 Å². The van der Waals surface area contributed by atoms with Gasteiger partial charge in [0.2, 0.25) is 5.89 Å². The molecule has 1 heterocycles. The first-order valence-corrected chi connectivity index (χ1v) is 5.93. The van der Waals surface area contributed by atoms with Gasteiger partial charge in [-0.05, 0) is 38.1 Å². The van der Waals surface area contributed by atoms with Crippen LogP contribution >= 0.6 is 0 Å². The monoisotopic (exact) mass is 247 g/mol. The molecule has 0 amide bonds. The van der Waals surface area contributed by atoms with Crippen molar-refractivity contribution in [2.45, 2.75) is 33.4 Å². The molecule has 1 N–H and O–H groups in total. The summed E-state index contributed by atoms with van der Waals surface area (Å²) in [5.41, 5.74) is 0.994. The Bertz CT molecular complexity index is 491. The van der Waals surface area contributed by atoms with Crippen LogP contribution in [0.1, 0.15) is 25.6 Å². The molecule has 1 aromatic heterocycles. The molecule has 0 aliphatic rings. The molecule has 5 heteroatoms. The number of nitrogens with zero attached hydrogens (tertiary/aromatic N) is 2. The second kappa shape index (κ2) is 5.53. The zero-order chi connectivity index (χ0) is 13.0. The van der Waals surface area contributed by atoms with Gasteiger partial charge in [0.25, 0.3) is 0 Å². The number of anilines is 1. The average molecular weight is 247 g/mol. The Morgan fingerprint density at radius 3 is 2.56 bits per heavy atom. The minimum absolute atomic E-state index is 0.186. The van der Waals surface area contributed by atoms with Crippen LogP contribution in [0.4, 0.5) is 5.69 Å². The number of ether oxygens (including phenoxy) is 1. The van der Waals surface area contributed by atoms with Gasteiger partial charge < -0.3 is 14.6 Å². The number of rotatable bonds is 5. The molecule has 0 spiro atoms. The Hall–Kier alpha value is -2.04. The van der Waals surface area contributed by atoms with Crippen LogP contribution in [0.3, 0.4) is 0 Å². The van der Waals surface area contributed by atoms with E-state index in [-0.39, 0.29) is 6.10 Å². The van der Waals surface area contributed by atoms with E-state index in [0.717, 1.165) is 11.4 Å². The lowest BCUT2D eigenvalue weighted by atomic mass is 10.3. The van der Waals surface area contributed by atoms with Crippen LogP contribution < -0.4 is 10.1 Å². The molecule has 0 atom stereocenters. The van der Waals surface area contributed by atoms with Crippen molar-refractivity contribution in [1.29, 1.82) is 0 Å². The fraction of sp³-hybridized carbons (Fsp3) is 0.385. The zero-order valence-corrected chi connectivity index (χ0v) is 10.8. The molecule has 0 bridgehead atoms. The van der Waals surface area contributed by atoms with Crippen molar-refractivity contribution in [2.24, 2.45) is 0 Å².